The highest BCUT2D eigenvalue weighted by Crippen LogP contribution is 2.69. The molecule has 0 radical (unpaired) electrons. The van der Waals surface area contributed by atoms with E-state index in [1.807, 2.05) is 0 Å². The van der Waals surface area contributed by atoms with Crippen LogP contribution in [-0.4, -0.2) is 47.7 Å². The fraction of sp³-hybridized carbons (Fsp3) is 0.742. The van der Waals surface area contributed by atoms with E-state index in [4.69, 9.17) is 9.47 Å². The number of carbonyl (C=O) groups excluding carboxylic acids is 2. The molecule has 4 fully saturated rings. The van der Waals surface area contributed by atoms with Crippen molar-refractivity contribution in [3.63, 3.8) is 0 Å². The molecule has 0 aromatic carbocycles. The normalized spacial score (nSPS) is 35.4. The summed E-state index contributed by atoms with van der Waals surface area (Å²) < 4.78 is 63.4. The summed E-state index contributed by atoms with van der Waals surface area (Å²) in [4.78, 5) is 23.1. The Morgan fingerprint density at radius 2 is 1.65 bits per heavy atom. The molecule has 5 nitrogen and oxygen atoms in total. The van der Waals surface area contributed by atoms with Crippen LogP contribution < -0.4 is 0 Å². The van der Waals surface area contributed by atoms with Crippen molar-refractivity contribution in [3.05, 3.63) is 35.5 Å². The van der Waals surface area contributed by atoms with Crippen LogP contribution in [0.4, 0.5) is 17.6 Å². The number of carbonyl (C=O) groups is 2. The van der Waals surface area contributed by atoms with Gasteiger partial charge in [-0.3, -0.25) is 9.59 Å². The van der Waals surface area contributed by atoms with Crippen LogP contribution in [0.2, 0.25) is 0 Å². The Kier molecular flexibility index (Phi) is 8.94. The summed E-state index contributed by atoms with van der Waals surface area (Å²) in [6, 6.07) is 0. The Balaban J connectivity index is 1.49. The van der Waals surface area contributed by atoms with E-state index in [1.165, 1.54) is 25.5 Å². The van der Waals surface area contributed by atoms with Gasteiger partial charge in [0.05, 0.1) is 0 Å². The average molecular weight is 571 g/mol. The zero-order valence-corrected chi connectivity index (χ0v) is 23.7. The van der Waals surface area contributed by atoms with Crippen LogP contribution in [0.25, 0.3) is 0 Å². The molecule has 224 valence electrons. The molecule has 0 amide bonds. The van der Waals surface area contributed by atoms with Crippen LogP contribution in [-0.2, 0) is 19.1 Å². The fourth-order valence-corrected chi connectivity index (χ4v) is 7.94. The summed E-state index contributed by atoms with van der Waals surface area (Å²) in [5.74, 6) is 0.0112. The molecule has 9 heteroatoms. The third-order valence-electron chi connectivity index (χ3n) is 9.91. The molecule has 0 aliphatic heterocycles. The van der Waals surface area contributed by atoms with Gasteiger partial charge in [0, 0.05) is 33.1 Å². The molecule has 0 bridgehead atoms. The zero-order valence-electron chi connectivity index (χ0n) is 23.7. The molecule has 0 aromatic rings. The highest BCUT2D eigenvalue weighted by molar-refractivity contribution is 5.67. The van der Waals surface area contributed by atoms with Gasteiger partial charge in [0.25, 0.3) is 0 Å². The molecule has 40 heavy (non-hydrogen) atoms. The highest BCUT2D eigenvalue weighted by Gasteiger charge is 2.60. The second-order valence-electron chi connectivity index (χ2n) is 12.7. The van der Waals surface area contributed by atoms with Crippen LogP contribution in [0.3, 0.4) is 0 Å². The number of rotatable bonds is 8. The van der Waals surface area contributed by atoms with Crippen molar-refractivity contribution in [2.45, 2.75) is 115 Å². The summed E-state index contributed by atoms with van der Waals surface area (Å²) in [7, 11) is 0. The molecule has 0 aromatic heterocycles. The van der Waals surface area contributed by atoms with Crippen molar-refractivity contribution < 1.29 is 41.7 Å². The second-order valence-corrected chi connectivity index (χ2v) is 12.7. The third kappa shape index (κ3) is 6.50. The third-order valence-corrected chi connectivity index (χ3v) is 9.91. The molecule has 0 spiro atoms. The lowest BCUT2D eigenvalue weighted by Crippen LogP contribution is -2.45. The van der Waals surface area contributed by atoms with Gasteiger partial charge in [0.1, 0.15) is 18.9 Å². The van der Waals surface area contributed by atoms with Crippen molar-refractivity contribution >= 4 is 11.9 Å². The minimum absolute atomic E-state index is 0.0282. The van der Waals surface area contributed by atoms with Gasteiger partial charge in [0.15, 0.2) is 0 Å². The Labute approximate surface area is 234 Å². The summed E-state index contributed by atoms with van der Waals surface area (Å²) in [6.07, 6.45) is 9.61. The second kappa shape index (κ2) is 11.6. The van der Waals surface area contributed by atoms with Gasteiger partial charge in [-0.15, -0.1) is 0 Å². The quantitative estimate of drug-likeness (QED) is 0.192. The maximum Gasteiger partial charge on any atom is 0.423 e. The minimum Gasteiger partial charge on any atom is -0.462 e. The van der Waals surface area contributed by atoms with Crippen molar-refractivity contribution in [1.29, 1.82) is 0 Å². The van der Waals surface area contributed by atoms with Crippen molar-refractivity contribution in [3.8, 4) is 0 Å². The van der Waals surface area contributed by atoms with Gasteiger partial charge < -0.3 is 14.6 Å². The summed E-state index contributed by atoms with van der Waals surface area (Å²) in [6.45, 7) is 3.18. The molecular weight excluding hydrogens is 528 g/mol. The number of alkyl halides is 4. The number of halogens is 4. The van der Waals surface area contributed by atoms with Crippen LogP contribution in [0.15, 0.2) is 35.5 Å². The SMILES string of the molecule is CC(=O)OC1C/C(=C/C=C2\CCC[C@@]3(C)C2CCC3C2(C/C=C/C(O)(CF)C(F)(F)F)CC2)C[C@@H](OC(C)=O)C1. The summed E-state index contributed by atoms with van der Waals surface area (Å²) >= 11 is 0. The average Bonchev–Trinajstić information content (AvgIpc) is 3.53. The topological polar surface area (TPSA) is 72.8 Å². The predicted octanol–water partition coefficient (Wildman–Crippen LogP) is 7.09. The molecule has 4 rings (SSSR count). The number of hydrogen-bond acceptors (Lipinski definition) is 5. The molecule has 0 saturated heterocycles. The first-order valence-corrected chi connectivity index (χ1v) is 14.5. The van der Waals surface area contributed by atoms with Crippen LogP contribution in [0, 0.1) is 22.7 Å². The maximum atomic E-state index is 13.1. The number of hydrogen-bond donors (Lipinski definition) is 1. The van der Waals surface area contributed by atoms with E-state index in [9.17, 15) is 32.3 Å². The van der Waals surface area contributed by atoms with Crippen molar-refractivity contribution in [2.24, 2.45) is 22.7 Å². The monoisotopic (exact) mass is 570 g/mol. The molecule has 4 saturated carbocycles. The maximum absolute atomic E-state index is 13.1. The van der Waals surface area contributed by atoms with Gasteiger partial charge in [0.2, 0.25) is 5.60 Å². The van der Waals surface area contributed by atoms with E-state index in [0.717, 1.165) is 50.5 Å². The van der Waals surface area contributed by atoms with Crippen LogP contribution in [0.1, 0.15) is 91.4 Å². The van der Waals surface area contributed by atoms with Gasteiger partial charge in [-0.2, -0.15) is 13.2 Å². The van der Waals surface area contributed by atoms with Crippen LogP contribution in [0.5, 0.6) is 0 Å². The zero-order chi connectivity index (χ0) is 29.3. The Morgan fingerprint density at radius 3 is 2.17 bits per heavy atom. The van der Waals surface area contributed by atoms with Gasteiger partial charge in [-0.05, 0) is 80.1 Å². The van der Waals surface area contributed by atoms with Crippen molar-refractivity contribution in [2.75, 3.05) is 6.67 Å². The molecular formula is C31H42F4O5. The highest BCUT2D eigenvalue weighted by atomic mass is 19.4. The van der Waals surface area contributed by atoms with E-state index in [-0.39, 0.29) is 35.0 Å². The molecule has 1 N–H and O–H groups in total. The van der Waals surface area contributed by atoms with E-state index in [0.29, 0.717) is 43.6 Å². The number of aliphatic hydroxyl groups is 1. The summed E-state index contributed by atoms with van der Waals surface area (Å²) in [5, 5.41) is 9.75. The van der Waals surface area contributed by atoms with Gasteiger partial charge in [-0.1, -0.05) is 36.3 Å². The van der Waals surface area contributed by atoms with Crippen LogP contribution >= 0.6 is 0 Å². The van der Waals surface area contributed by atoms with E-state index in [2.05, 4.69) is 19.1 Å². The van der Waals surface area contributed by atoms with E-state index < -0.39 is 18.5 Å². The molecule has 0 heterocycles. The lowest BCUT2D eigenvalue weighted by Gasteiger charge is -2.45. The Hall–Kier alpha value is -2.16. The molecule has 4 aliphatic carbocycles. The predicted molar refractivity (Wildman–Crippen MR) is 142 cm³/mol. The first-order valence-electron chi connectivity index (χ1n) is 14.5. The minimum atomic E-state index is -5.05. The largest absolute Gasteiger partial charge is 0.462 e. The van der Waals surface area contributed by atoms with Gasteiger partial charge >= 0.3 is 18.1 Å². The van der Waals surface area contributed by atoms with Gasteiger partial charge in [-0.25, -0.2) is 4.39 Å². The smallest absolute Gasteiger partial charge is 0.423 e. The number of allylic oxidation sites excluding steroid dienone is 4. The Morgan fingerprint density at radius 1 is 1.02 bits per heavy atom. The number of fused-ring (bicyclic) bond motifs is 1. The fourth-order valence-electron chi connectivity index (χ4n) is 7.94. The first-order chi connectivity index (χ1) is 18.7. The Bertz CT molecular complexity index is 1030. The lowest BCUT2D eigenvalue weighted by molar-refractivity contribution is -0.243. The number of esters is 2. The lowest BCUT2D eigenvalue weighted by atomic mass is 9.59. The van der Waals surface area contributed by atoms with E-state index in [1.54, 1.807) is 0 Å². The number of ether oxygens (including phenoxy) is 2. The molecule has 6 atom stereocenters. The van der Waals surface area contributed by atoms with Crippen molar-refractivity contribution in [1.82, 2.24) is 0 Å². The van der Waals surface area contributed by atoms with E-state index >= 15 is 0 Å². The standard InChI is InChI=1S/C31H42F4O5/c1-20(36)39-24-16-22(17-25(18-24)40-21(2)37)7-8-23-6-4-11-28(3)26(23)9-10-27(28)29(14-15-29)12-5-13-30(38,19-32)31(33,34)35/h5,7-8,13,24-27,38H,4,6,9-12,14-19H2,1-3H3/b13-5+,22-7-,23-8+/t24?,25-,26?,27?,28+,30?/m1/s1. The molecule has 4 aliphatic rings. The molecule has 4 unspecified atom stereocenters. The first kappa shape index (κ1) is 30.8. The summed E-state index contributed by atoms with van der Waals surface area (Å²) in [5.41, 5.74) is -1.05.